The summed E-state index contributed by atoms with van der Waals surface area (Å²) in [5, 5.41) is 0. The van der Waals surface area contributed by atoms with Crippen molar-refractivity contribution >= 4 is 12.5 Å². The number of hydrogen-bond donors (Lipinski definition) is 0. The van der Waals surface area contributed by atoms with Gasteiger partial charge in [-0.25, -0.2) is 0 Å². The van der Waals surface area contributed by atoms with Gasteiger partial charge in [0.2, 0.25) is 0 Å². The molecule has 0 bridgehead atoms. The second kappa shape index (κ2) is 4.28. The third-order valence-electron chi connectivity index (χ3n) is 1.37. The van der Waals surface area contributed by atoms with Crippen molar-refractivity contribution in [2.45, 2.75) is 6.61 Å². The van der Waals surface area contributed by atoms with E-state index >= 15 is 0 Å². The molecule has 3 nitrogen and oxygen atoms in total. The van der Waals surface area contributed by atoms with Crippen molar-refractivity contribution in [1.29, 1.82) is 0 Å². The van der Waals surface area contributed by atoms with Gasteiger partial charge in [0.05, 0.1) is 0 Å². The molecule has 1 aromatic heterocycles. The summed E-state index contributed by atoms with van der Waals surface area (Å²) in [4.78, 5) is 13.8. The Bertz CT molecular complexity index is 284. The van der Waals surface area contributed by atoms with E-state index < -0.39 is 0 Å². The van der Waals surface area contributed by atoms with Gasteiger partial charge in [-0.05, 0) is 11.6 Å². The largest absolute Gasteiger partial charge is 0.463 e. The SMILES string of the molecule is C=Cc1cncc(COC=O)c1. The summed E-state index contributed by atoms with van der Waals surface area (Å²) in [7, 11) is 0. The third-order valence-corrected chi connectivity index (χ3v) is 1.37. The van der Waals surface area contributed by atoms with E-state index in [0.29, 0.717) is 6.47 Å². The molecule has 0 spiro atoms. The summed E-state index contributed by atoms with van der Waals surface area (Å²) in [5.41, 5.74) is 1.78. The minimum Gasteiger partial charge on any atom is -0.463 e. The summed E-state index contributed by atoms with van der Waals surface area (Å²) >= 11 is 0. The molecule has 1 rings (SSSR count). The lowest BCUT2D eigenvalue weighted by Gasteiger charge is -1.99. The number of rotatable bonds is 4. The van der Waals surface area contributed by atoms with Gasteiger partial charge < -0.3 is 4.74 Å². The molecule has 1 aromatic rings. The van der Waals surface area contributed by atoms with Crippen molar-refractivity contribution < 1.29 is 9.53 Å². The van der Waals surface area contributed by atoms with Gasteiger partial charge in [0, 0.05) is 18.0 Å². The van der Waals surface area contributed by atoms with Gasteiger partial charge in [0.25, 0.3) is 6.47 Å². The van der Waals surface area contributed by atoms with E-state index in [-0.39, 0.29) is 6.61 Å². The quantitative estimate of drug-likeness (QED) is 0.630. The molecule has 0 atom stereocenters. The molecule has 0 amide bonds. The van der Waals surface area contributed by atoms with Crippen molar-refractivity contribution in [1.82, 2.24) is 4.98 Å². The Hall–Kier alpha value is -1.64. The summed E-state index contributed by atoms with van der Waals surface area (Å²) < 4.78 is 4.56. The Morgan fingerprint density at radius 3 is 3.08 bits per heavy atom. The first-order valence-corrected chi connectivity index (χ1v) is 3.48. The Kier molecular flexibility index (Phi) is 3.02. The molecule has 0 aliphatic rings. The van der Waals surface area contributed by atoms with Crippen LogP contribution in [0.15, 0.2) is 25.0 Å². The molecule has 0 fully saturated rings. The van der Waals surface area contributed by atoms with Crippen LogP contribution in [0.3, 0.4) is 0 Å². The molecule has 0 aliphatic carbocycles. The summed E-state index contributed by atoms with van der Waals surface area (Å²) in [6.45, 7) is 4.28. The van der Waals surface area contributed by atoms with Crippen LogP contribution in [-0.2, 0) is 16.1 Å². The molecule has 3 heteroatoms. The fourth-order valence-corrected chi connectivity index (χ4v) is 0.828. The third kappa shape index (κ3) is 2.20. The van der Waals surface area contributed by atoms with E-state index in [1.54, 1.807) is 18.5 Å². The second-order valence-corrected chi connectivity index (χ2v) is 2.24. The summed E-state index contributed by atoms with van der Waals surface area (Å²) in [5.74, 6) is 0. The smallest absolute Gasteiger partial charge is 0.293 e. The molecule has 0 aromatic carbocycles. The lowest BCUT2D eigenvalue weighted by atomic mass is 10.2. The standard InChI is InChI=1S/C9H9NO2/c1-2-8-3-9(5-10-4-8)6-12-7-11/h2-5,7H,1,6H2. The van der Waals surface area contributed by atoms with Crippen molar-refractivity contribution in [3.05, 3.63) is 36.2 Å². The normalized spacial score (nSPS) is 9.00. The number of ether oxygens (including phenoxy) is 1. The zero-order chi connectivity index (χ0) is 8.81. The first-order valence-electron chi connectivity index (χ1n) is 3.48. The van der Waals surface area contributed by atoms with E-state index in [2.05, 4.69) is 16.3 Å². The average molecular weight is 163 g/mol. The summed E-state index contributed by atoms with van der Waals surface area (Å²) in [6.07, 6.45) is 5.03. The molecular formula is C9H9NO2. The highest BCUT2D eigenvalue weighted by Crippen LogP contribution is 2.04. The molecule has 0 saturated heterocycles. The topological polar surface area (TPSA) is 39.2 Å². The molecule has 0 unspecified atom stereocenters. The summed E-state index contributed by atoms with van der Waals surface area (Å²) in [6, 6.07) is 1.86. The Morgan fingerprint density at radius 2 is 2.42 bits per heavy atom. The van der Waals surface area contributed by atoms with Gasteiger partial charge in [-0.15, -0.1) is 0 Å². The van der Waals surface area contributed by atoms with Crippen LogP contribution in [0.2, 0.25) is 0 Å². The maximum atomic E-state index is 9.87. The van der Waals surface area contributed by atoms with Gasteiger partial charge >= 0.3 is 0 Å². The zero-order valence-corrected chi connectivity index (χ0v) is 6.56. The molecule has 0 aliphatic heterocycles. The van der Waals surface area contributed by atoms with Crippen LogP contribution in [0.1, 0.15) is 11.1 Å². The van der Waals surface area contributed by atoms with Crippen LogP contribution in [0, 0.1) is 0 Å². The number of aromatic nitrogens is 1. The van der Waals surface area contributed by atoms with E-state index in [0.717, 1.165) is 11.1 Å². The van der Waals surface area contributed by atoms with E-state index in [1.165, 1.54) is 0 Å². The van der Waals surface area contributed by atoms with Crippen LogP contribution in [0.4, 0.5) is 0 Å². The molecule has 62 valence electrons. The van der Waals surface area contributed by atoms with Gasteiger partial charge in [-0.2, -0.15) is 0 Å². The van der Waals surface area contributed by atoms with Crippen LogP contribution in [-0.4, -0.2) is 11.5 Å². The average Bonchev–Trinajstić information content (AvgIpc) is 2.15. The number of nitrogens with zero attached hydrogens (tertiary/aromatic N) is 1. The fraction of sp³-hybridized carbons (Fsp3) is 0.111. The molecule has 0 saturated carbocycles. The number of hydrogen-bond acceptors (Lipinski definition) is 3. The number of pyridine rings is 1. The van der Waals surface area contributed by atoms with Crippen molar-refractivity contribution in [2.24, 2.45) is 0 Å². The maximum absolute atomic E-state index is 9.87. The van der Waals surface area contributed by atoms with Gasteiger partial charge in [0.1, 0.15) is 6.61 Å². The van der Waals surface area contributed by atoms with E-state index in [4.69, 9.17) is 0 Å². The van der Waals surface area contributed by atoms with Gasteiger partial charge in [-0.3, -0.25) is 9.78 Å². The number of carbonyl (C=O) groups excluding carboxylic acids is 1. The van der Waals surface area contributed by atoms with Crippen LogP contribution in [0.5, 0.6) is 0 Å². The molecule has 0 radical (unpaired) electrons. The number of carbonyl (C=O) groups is 1. The van der Waals surface area contributed by atoms with Gasteiger partial charge in [0.15, 0.2) is 0 Å². The van der Waals surface area contributed by atoms with Crippen LogP contribution >= 0.6 is 0 Å². The lowest BCUT2D eigenvalue weighted by Crippen LogP contribution is -1.91. The molecule has 0 N–H and O–H groups in total. The van der Waals surface area contributed by atoms with Crippen molar-refractivity contribution in [2.75, 3.05) is 0 Å². The van der Waals surface area contributed by atoms with Crippen molar-refractivity contribution in [3.8, 4) is 0 Å². The molecule has 12 heavy (non-hydrogen) atoms. The van der Waals surface area contributed by atoms with Crippen LogP contribution < -0.4 is 0 Å². The minimum absolute atomic E-state index is 0.262. The molecule has 1 heterocycles. The molecular weight excluding hydrogens is 154 g/mol. The van der Waals surface area contributed by atoms with E-state index in [9.17, 15) is 4.79 Å². The highest BCUT2D eigenvalue weighted by atomic mass is 16.5. The monoisotopic (exact) mass is 163 g/mol. The Balaban J connectivity index is 2.72. The fourth-order valence-electron chi connectivity index (χ4n) is 0.828. The predicted molar refractivity (Wildman–Crippen MR) is 45.2 cm³/mol. The van der Waals surface area contributed by atoms with Gasteiger partial charge in [-0.1, -0.05) is 12.7 Å². The Morgan fingerprint density at radius 1 is 1.58 bits per heavy atom. The lowest BCUT2D eigenvalue weighted by molar-refractivity contribution is -0.129. The predicted octanol–water partition coefficient (Wildman–Crippen LogP) is 1.40. The highest BCUT2D eigenvalue weighted by Gasteiger charge is 1.93. The first-order chi connectivity index (χ1) is 5.86. The second-order valence-electron chi connectivity index (χ2n) is 2.24. The van der Waals surface area contributed by atoms with Crippen molar-refractivity contribution in [3.63, 3.8) is 0 Å². The highest BCUT2D eigenvalue weighted by molar-refractivity contribution is 5.46. The minimum atomic E-state index is 0.262. The van der Waals surface area contributed by atoms with Crippen LogP contribution in [0.25, 0.3) is 6.08 Å². The zero-order valence-electron chi connectivity index (χ0n) is 6.56. The van der Waals surface area contributed by atoms with E-state index in [1.807, 2.05) is 6.07 Å². The Labute approximate surface area is 70.7 Å². The first kappa shape index (κ1) is 8.46. The maximum Gasteiger partial charge on any atom is 0.293 e.